The molecule has 2 heterocycles. The number of methoxy groups -OCH3 is 1. The first kappa shape index (κ1) is 14.6. The molecule has 2 aromatic rings. The van der Waals surface area contributed by atoms with Gasteiger partial charge in [-0.1, -0.05) is 18.2 Å². The third kappa shape index (κ3) is 2.34. The van der Waals surface area contributed by atoms with Crippen LogP contribution in [0.3, 0.4) is 0 Å². The molecule has 3 rings (SSSR count). The molecule has 1 aliphatic rings. The van der Waals surface area contributed by atoms with Crippen molar-refractivity contribution in [3.63, 3.8) is 0 Å². The van der Waals surface area contributed by atoms with Gasteiger partial charge in [-0.2, -0.15) is 10.5 Å². The lowest BCUT2D eigenvalue weighted by atomic mass is 9.99. The zero-order valence-electron chi connectivity index (χ0n) is 11.7. The number of benzene rings is 1. The molecule has 0 unspecified atom stereocenters. The molecule has 5 nitrogen and oxygen atoms in total. The maximum absolute atomic E-state index is 9.44. The molecular formula is C16H12N2O3S. The summed E-state index contributed by atoms with van der Waals surface area (Å²) in [4.78, 5) is 0.791. The van der Waals surface area contributed by atoms with Crippen LogP contribution in [-0.4, -0.2) is 12.7 Å². The van der Waals surface area contributed by atoms with Crippen molar-refractivity contribution in [2.75, 3.05) is 7.11 Å². The Bertz CT molecular complexity index is 714. The minimum Gasteiger partial charge on any atom is -0.497 e. The molecule has 1 aromatic carbocycles. The summed E-state index contributed by atoms with van der Waals surface area (Å²) >= 11 is 1.43. The Morgan fingerprint density at radius 2 is 1.91 bits per heavy atom. The van der Waals surface area contributed by atoms with Crippen LogP contribution in [0.2, 0.25) is 0 Å². The molecule has 1 fully saturated rings. The molecule has 22 heavy (non-hydrogen) atoms. The van der Waals surface area contributed by atoms with Crippen molar-refractivity contribution in [2.45, 2.75) is 18.0 Å². The number of thiophene rings is 1. The van der Waals surface area contributed by atoms with Gasteiger partial charge < -0.3 is 14.2 Å². The van der Waals surface area contributed by atoms with Gasteiger partial charge in [-0.3, -0.25) is 0 Å². The molecule has 0 saturated carbocycles. The Hall–Kier alpha value is -2.38. The average molecular weight is 312 g/mol. The van der Waals surface area contributed by atoms with Gasteiger partial charge in [-0.05, 0) is 23.6 Å². The van der Waals surface area contributed by atoms with Gasteiger partial charge in [0.25, 0.3) is 5.60 Å². The second kappa shape index (κ2) is 5.78. The Kier molecular flexibility index (Phi) is 3.82. The molecule has 110 valence electrons. The Balaban J connectivity index is 1.93. The fourth-order valence-electron chi connectivity index (χ4n) is 2.29. The van der Waals surface area contributed by atoms with E-state index in [1.165, 1.54) is 11.3 Å². The molecule has 0 N–H and O–H groups in total. The van der Waals surface area contributed by atoms with Crippen molar-refractivity contribution in [1.29, 1.82) is 10.5 Å². The van der Waals surface area contributed by atoms with Gasteiger partial charge in [-0.25, -0.2) is 0 Å². The van der Waals surface area contributed by atoms with Gasteiger partial charge in [0, 0.05) is 10.4 Å². The number of nitriles is 2. The van der Waals surface area contributed by atoms with Crippen molar-refractivity contribution in [1.82, 2.24) is 0 Å². The highest BCUT2D eigenvalue weighted by molar-refractivity contribution is 7.10. The Morgan fingerprint density at radius 3 is 2.45 bits per heavy atom. The highest BCUT2D eigenvalue weighted by Gasteiger charge is 2.53. The van der Waals surface area contributed by atoms with Gasteiger partial charge in [0.05, 0.1) is 7.11 Å². The van der Waals surface area contributed by atoms with E-state index in [1.54, 1.807) is 31.4 Å². The van der Waals surface area contributed by atoms with Gasteiger partial charge in [0.15, 0.2) is 12.4 Å². The summed E-state index contributed by atoms with van der Waals surface area (Å²) < 4.78 is 16.6. The fraction of sp³-hybridized carbons (Fsp3) is 0.250. The highest BCUT2D eigenvalue weighted by atomic mass is 32.1. The third-order valence-electron chi connectivity index (χ3n) is 3.44. The SMILES string of the molecule is COc1ccc([C@H]2O[C@@H](c3cccs3)C(C#N)(C#N)O2)cc1. The molecule has 1 aromatic heterocycles. The standard InChI is InChI=1S/C16H12N2O3S/c1-19-12-6-4-11(5-7-12)15-20-14(13-3-2-8-22-13)16(9-17,10-18)21-15/h2-8,14-15H,1H3/t14-,15-/m0/s1. The lowest BCUT2D eigenvalue weighted by molar-refractivity contribution is -0.0716. The second-order valence-electron chi connectivity index (χ2n) is 4.71. The summed E-state index contributed by atoms with van der Waals surface area (Å²) in [5.41, 5.74) is -0.912. The van der Waals surface area contributed by atoms with Crippen LogP contribution in [0.4, 0.5) is 0 Å². The molecule has 6 heteroatoms. The maximum Gasteiger partial charge on any atom is 0.275 e. The summed E-state index contributed by atoms with van der Waals surface area (Å²) in [6.45, 7) is 0. The number of hydrogen-bond acceptors (Lipinski definition) is 6. The first-order chi connectivity index (χ1) is 10.7. The first-order valence-corrected chi connectivity index (χ1v) is 7.43. The lowest BCUT2D eigenvalue weighted by Gasteiger charge is -2.15. The van der Waals surface area contributed by atoms with Crippen molar-refractivity contribution < 1.29 is 14.2 Å². The highest BCUT2D eigenvalue weighted by Crippen LogP contribution is 2.47. The van der Waals surface area contributed by atoms with Crippen molar-refractivity contribution >= 4 is 11.3 Å². The van der Waals surface area contributed by atoms with E-state index < -0.39 is 18.0 Å². The monoisotopic (exact) mass is 312 g/mol. The summed E-state index contributed by atoms with van der Waals surface area (Å²) in [7, 11) is 1.58. The maximum atomic E-state index is 9.44. The van der Waals surface area contributed by atoms with Crippen LogP contribution in [-0.2, 0) is 9.47 Å². The van der Waals surface area contributed by atoms with E-state index in [-0.39, 0.29) is 0 Å². The van der Waals surface area contributed by atoms with E-state index >= 15 is 0 Å². The molecular weight excluding hydrogens is 300 g/mol. The summed E-state index contributed by atoms with van der Waals surface area (Å²) in [6.07, 6.45) is -1.49. The van der Waals surface area contributed by atoms with Crippen LogP contribution in [0.15, 0.2) is 41.8 Å². The van der Waals surface area contributed by atoms with Crippen LogP contribution >= 0.6 is 11.3 Å². The Morgan fingerprint density at radius 1 is 1.18 bits per heavy atom. The summed E-state index contributed by atoms with van der Waals surface area (Å²) in [5, 5.41) is 20.8. The molecule has 0 radical (unpaired) electrons. The predicted molar refractivity (Wildman–Crippen MR) is 78.9 cm³/mol. The quantitative estimate of drug-likeness (QED) is 0.869. The van der Waals surface area contributed by atoms with E-state index in [4.69, 9.17) is 14.2 Å². The smallest absolute Gasteiger partial charge is 0.275 e. The van der Waals surface area contributed by atoms with Gasteiger partial charge in [0.1, 0.15) is 17.9 Å². The van der Waals surface area contributed by atoms with E-state index in [2.05, 4.69) is 0 Å². The largest absolute Gasteiger partial charge is 0.497 e. The van der Waals surface area contributed by atoms with Crippen LogP contribution in [0, 0.1) is 22.7 Å². The average Bonchev–Trinajstić information content (AvgIpc) is 3.22. The molecule has 1 saturated heterocycles. The summed E-state index contributed by atoms with van der Waals surface area (Å²) in [5.74, 6) is 0.711. The van der Waals surface area contributed by atoms with Crippen LogP contribution in [0.5, 0.6) is 5.75 Å². The fourth-order valence-corrected chi connectivity index (χ4v) is 3.10. The lowest BCUT2D eigenvalue weighted by Crippen LogP contribution is -2.30. The molecule has 0 aliphatic carbocycles. The summed E-state index contributed by atoms with van der Waals surface area (Å²) in [6, 6.07) is 14.7. The number of hydrogen-bond donors (Lipinski definition) is 0. The van der Waals surface area contributed by atoms with Gasteiger partial charge in [-0.15, -0.1) is 11.3 Å². The Labute approximate surface area is 131 Å². The van der Waals surface area contributed by atoms with E-state index in [0.717, 1.165) is 10.4 Å². The van der Waals surface area contributed by atoms with Gasteiger partial charge in [0.2, 0.25) is 0 Å². The van der Waals surface area contributed by atoms with E-state index in [0.29, 0.717) is 5.75 Å². The first-order valence-electron chi connectivity index (χ1n) is 6.55. The number of rotatable bonds is 3. The van der Waals surface area contributed by atoms with Crippen molar-refractivity contribution in [2.24, 2.45) is 0 Å². The molecule has 1 aliphatic heterocycles. The van der Waals surface area contributed by atoms with Crippen LogP contribution in [0.1, 0.15) is 22.8 Å². The minimum absolute atomic E-state index is 0.711. The van der Waals surface area contributed by atoms with E-state index in [9.17, 15) is 10.5 Å². The normalized spacial score (nSPS) is 22.7. The zero-order chi connectivity index (χ0) is 15.6. The number of ether oxygens (including phenoxy) is 3. The zero-order valence-corrected chi connectivity index (χ0v) is 12.5. The van der Waals surface area contributed by atoms with Crippen LogP contribution in [0.25, 0.3) is 0 Å². The van der Waals surface area contributed by atoms with E-state index in [1.807, 2.05) is 29.7 Å². The van der Waals surface area contributed by atoms with Crippen molar-refractivity contribution in [3.05, 3.63) is 52.2 Å². The second-order valence-corrected chi connectivity index (χ2v) is 5.69. The van der Waals surface area contributed by atoms with Crippen molar-refractivity contribution in [3.8, 4) is 17.9 Å². The molecule has 0 amide bonds. The molecule has 0 bridgehead atoms. The minimum atomic E-state index is -1.64. The molecule has 2 atom stereocenters. The topological polar surface area (TPSA) is 75.3 Å². The van der Waals surface area contributed by atoms with Gasteiger partial charge >= 0.3 is 0 Å². The predicted octanol–water partition coefficient (Wildman–Crippen LogP) is 3.33. The number of nitrogens with zero attached hydrogens (tertiary/aromatic N) is 2. The molecule has 0 spiro atoms. The van der Waals surface area contributed by atoms with Crippen LogP contribution < -0.4 is 4.74 Å². The third-order valence-corrected chi connectivity index (χ3v) is 4.36.